The first kappa shape index (κ1) is 29.3. The summed E-state index contributed by atoms with van der Waals surface area (Å²) < 4.78 is 42.2. The number of halogens is 1. The van der Waals surface area contributed by atoms with E-state index in [1.807, 2.05) is 38.1 Å². The van der Waals surface area contributed by atoms with Gasteiger partial charge in [-0.25, -0.2) is 12.8 Å². The quantitative estimate of drug-likeness (QED) is 0.370. The van der Waals surface area contributed by atoms with Crippen molar-refractivity contribution in [3.05, 3.63) is 95.3 Å². The number of hydrogen-bond donors (Lipinski definition) is 1. The van der Waals surface area contributed by atoms with Crippen LogP contribution in [0.3, 0.4) is 0 Å². The molecular weight excluding hydrogens is 529 g/mol. The smallest absolute Gasteiger partial charge is 0.264 e. The van der Waals surface area contributed by atoms with Crippen molar-refractivity contribution in [2.45, 2.75) is 70.0 Å². The van der Waals surface area contributed by atoms with Crippen LogP contribution >= 0.6 is 0 Å². The van der Waals surface area contributed by atoms with Crippen LogP contribution < -0.4 is 9.62 Å². The molecule has 1 atom stereocenters. The van der Waals surface area contributed by atoms with Crippen molar-refractivity contribution >= 4 is 27.5 Å². The van der Waals surface area contributed by atoms with E-state index in [1.165, 1.54) is 17.0 Å². The molecule has 3 aromatic rings. The lowest BCUT2D eigenvalue weighted by Crippen LogP contribution is -2.52. The van der Waals surface area contributed by atoms with Gasteiger partial charge in [-0.1, -0.05) is 54.8 Å². The van der Waals surface area contributed by atoms with Crippen LogP contribution in [0.4, 0.5) is 10.1 Å². The fourth-order valence-corrected chi connectivity index (χ4v) is 6.33. The Labute approximate surface area is 236 Å². The molecule has 9 heteroatoms. The van der Waals surface area contributed by atoms with E-state index in [4.69, 9.17) is 0 Å². The van der Waals surface area contributed by atoms with Gasteiger partial charge in [-0.2, -0.15) is 0 Å². The molecule has 0 spiro atoms. The van der Waals surface area contributed by atoms with E-state index in [2.05, 4.69) is 5.32 Å². The van der Waals surface area contributed by atoms with Crippen molar-refractivity contribution in [2.24, 2.45) is 0 Å². The van der Waals surface area contributed by atoms with Gasteiger partial charge in [0.1, 0.15) is 18.4 Å². The Hall–Kier alpha value is -3.72. The average molecular weight is 566 g/mol. The van der Waals surface area contributed by atoms with Gasteiger partial charge in [0.15, 0.2) is 0 Å². The minimum Gasteiger partial charge on any atom is -0.352 e. The standard InChI is InChI=1S/C31H36FN3O4S/c1-22-12-16-28(17-13-22)35(40(38,39)29-18-14-26(32)15-19-29)21-30(36)34(20-25-9-5-4-8-23(25)2)24(3)31(37)33-27-10-6-7-11-27/h4-5,8-9,12-19,24,27H,6-7,10-11,20-21H2,1-3H3,(H,33,37)/t24-/m0/s1. The van der Waals surface area contributed by atoms with Gasteiger partial charge < -0.3 is 10.2 Å². The predicted octanol–water partition coefficient (Wildman–Crippen LogP) is 5.11. The second-order valence-corrected chi connectivity index (χ2v) is 12.3. The molecule has 1 aliphatic carbocycles. The van der Waals surface area contributed by atoms with Crippen molar-refractivity contribution in [1.29, 1.82) is 0 Å². The summed E-state index contributed by atoms with van der Waals surface area (Å²) in [5, 5.41) is 3.07. The fraction of sp³-hybridized carbons (Fsp3) is 0.355. The van der Waals surface area contributed by atoms with Gasteiger partial charge in [0, 0.05) is 12.6 Å². The van der Waals surface area contributed by atoms with Crippen LogP contribution in [0, 0.1) is 19.7 Å². The zero-order valence-corrected chi connectivity index (χ0v) is 24.0. The molecule has 40 heavy (non-hydrogen) atoms. The highest BCUT2D eigenvalue weighted by Crippen LogP contribution is 2.26. The molecule has 0 saturated heterocycles. The molecule has 2 amide bonds. The van der Waals surface area contributed by atoms with Gasteiger partial charge in [-0.05, 0) is 81.1 Å². The van der Waals surface area contributed by atoms with E-state index in [9.17, 15) is 22.4 Å². The van der Waals surface area contributed by atoms with Crippen LogP contribution in [0.25, 0.3) is 0 Å². The first-order valence-electron chi connectivity index (χ1n) is 13.6. The van der Waals surface area contributed by atoms with Crippen LogP contribution in [0.1, 0.15) is 49.3 Å². The lowest BCUT2D eigenvalue weighted by atomic mass is 10.1. The summed E-state index contributed by atoms with van der Waals surface area (Å²) in [6.45, 7) is 5.09. The number of sulfonamides is 1. The SMILES string of the molecule is Cc1ccc(N(CC(=O)N(Cc2ccccc2C)[C@@H](C)C(=O)NC2CCCC2)S(=O)(=O)c2ccc(F)cc2)cc1. The fourth-order valence-electron chi connectivity index (χ4n) is 4.92. The van der Waals surface area contributed by atoms with Crippen molar-refractivity contribution < 1.29 is 22.4 Å². The monoisotopic (exact) mass is 565 g/mol. The predicted molar refractivity (Wildman–Crippen MR) is 154 cm³/mol. The molecule has 0 bridgehead atoms. The Kier molecular flexibility index (Phi) is 9.25. The molecule has 7 nitrogen and oxygen atoms in total. The third-order valence-corrected chi connectivity index (χ3v) is 9.26. The van der Waals surface area contributed by atoms with E-state index < -0.39 is 34.3 Å². The molecule has 0 heterocycles. The molecular formula is C31H36FN3O4S. The lowest BCUT2D eigenvalue weighted by molar-refractivity contribution is -0.139. The highest BCUT2D eigenvalue weighted by atomic mass is 32.2. The molecule has 3 aromatic carbocycles. The van der Waals surface area contributed by atoms with Crippen LogP contribution in [0.15, 0.2) is 77.7 Å². The Morgan fingerprint density at radius 2 is 1.57 bits per heavy atom. The van der Waals surface area contributed by atoms with E-state index in [1.54, 1.807) is 31.2 Å². The summed E-state index contributed by atoms with van der Waals surface area (Å²) >= 11 is 0. The first-order chi connectivity index (χ1) is 19.1. The van der Waals surface area contributed by atoms with Crippen LogP contribution in [-0.4, -0.2) is 43.8 Å². The van der Waals surface area contributed by atoms with Crippen LogP contribution in [-0.2, 0) is 26.2 Å². The van der Waals surface area contributed by atoms with Crippen LogP contribution in [0.2, 0.25) is 0 Å². The summed E-state index contributed by atoms with van der Waals surface area (Å²) in [6, 6.07) is 18.1. The summed E-state index contributed by atoms with van der Waals surface area (Å²) in [5.41, 5.74) is 3.03. The lowest BCUT2D eigenvalue weighted by Gasteiger charge is -2.33. The maximum Gasteiger partial charge on any atom is 0.264 e. The van der Waals surface area contributed by atoms with Crippen molar-refractivity contribution in [2.75, 3.05) is 10.8 Å². The molecule has 0 radical (unpaired) electrons. The van der Waals surface area contributed by atoms with Gasteiger partial charge in [0.25, 0.3) is 10.0 Å². The zero-order valence-electron chi connectivity index (χ0n) is 23.1. The number of carbonyl (C=O) groups excluding carboxylic acids is 2. The Morgan fingerprint density at radius 3 is 2.20 bits per heavy atom. The maximum absolute atomic E-state index is 14.0. The third kappa shape index (κ3) is 6.88. The molecule has 0 aromatic heterocycles. The molecule has 1 aliphatic rings. The van der Waals surface area contributed by atoms with E-state index >= 15 is 0 Å². The Balaban J connectivity index is 1.69. The van der Waals surface area contributed by atoms with Crippen LogP contribution in [0.5, 0.6) is 0 Å². The highest BCUT2D eigenvalue weighted by Gasteiger charge is 2.33. The molecule has 1 N–H and O–H groups in total. The number of benzene rings is 3. The second-order valence-electron chi connectivity index (χ2n) is 10.4. The second kappa shape index (κ2) is 12.6. The van der Waals surface area contributed by atoms with Crippen molar-refractivity contribution in [3.8, 4) is 0 Å². The van der Waals surface area contributed by atoms with Gasteiger partial charge in [-0.15, -0.1) is 0 Å². The Morgan fingerprint density at radius 1 is 0.950 bits per heavy atom. The number of aryl methyl sites for hydroxylation is 2. The maximum atomic E-state index is 14.0. The number of hydrogen-bond acceptors (Lipinski definition) is 4. The molecule has 1 fully saturated rings. The normalized spacial score (nSPS) is 14.5. The van der Waals surface area contributed by atoms with Crippen molar-refractivity contribution in [3.63, 3.8) is 0 Å². The minimum atomic E-state index is -4.24. The van der Waals surface area contributed by atoms with E-state index in [0.29, 0.717) is 5.69 Å². The van der Waals surface area contributed by atoms with Gasteiger partial charge in [0.05, 0.1) is 10.6 Å². The summed E-state index contributed by atoms with van der Waals surface area (Å²) in [7, 11) is -4.24. The Bertz CT molecular complexity index is 1440. The number of amides is 2. The summed E-state index contributed by atoms with van der Waals surface area (Å²) in [6.07, 6.45) is 3.92. The largest absolute Gasteiger partial charge is 0.352 e. The molecule has 0 aliphatic heterocycles. The highest BCUT2D eigenvalue weighted by molar-refractivity contribution is 7.92. The number of nitrogens with one attached hydrogen (secondary N) is 1. The number of carbonyl (C=O) groups is 2. The van der Waals surface area contributed by atoms with Gasteiger partial charge in [0.2, 0.25) is 11.8 Å². The summed E-state index contributed by atoms with van der Waals surface area (Å²) in [5.74, 6) is -1.36. The molecule has 212 valence electrons. The molecule has 1 saturated carbocycles. The first-order valence-corrected chi connectivity index (χ1v) is 15.0. The van der Waals surface area contributed by atoms with Gasteiger partial charge >= 0.3 is 0 Å². The number of nitrogens with zero attached hydrogens (tertiary/aromatic N) is 2. The number of anilines is 1. The topological polar surface area (TPSA) is 86.8 Å². The zero-order chi connectivity index (χ0) is 28.9. The minimum absolute atomic E-state index is 0.0771. The van der Waals surface area contributed by atoms with Crippen molar-refractivity contribution in [1.82, 2.24) is 10.2 Å². The molecule has 4 rings (SSSR count). The number of rotatable bonds is 10. The molecule has 0 unspecified atom stereocenters. The summed E-state index contributed by atoms with van der Waals surface area (Å²) in [4.78, 5) is 28.6. The average Bonchev–Trinajstić information content (AvgIpc) is 3.44. The third-order valence-electron chi connectivity index (χ3n) is 7.47. The van der Waals surface area contributed by atoms with Gasteiger partial charge in [-0.3, -0.25) is 13.9 Å². The van der Waals surface area contributed by atoms with E-state index in [0.717, 1.165) is 58.8 Å². The van der Waals surface area contributed by atoms with E-state index in [-0.39, 0.29) is 23.4 Å².